The number of anilines is 6. The van der Waals surface area contributed by atoms with E-state index in [0.717, 1.165) is 123 Å². The second-order valence-electron chi connectivity index (χ2n) is 25.5. The van der Waals surface area contributed by atoms with Crippen molar-refractivity contribution in [1.29, 1.82) is 0 Å². The van der Waals surface area contributed by atoms with Gasteiger partial charge >= 0.3 is 0 Å². The van der Waals surface area contributed by atoms with E-state index < -0.39 is 0 Å². The first-order valence-corrected chi connectivity index (χ1v) is 34.8. The summed E-state index contributed by atoms with van der Waals surface area (Å²) in [5, 5.41) is 14.2. The van der Waals surface area contributed by atoms with E-state index in [2.05, 4.69) is 347 Å². The van der Waals surface area contributed by atoms with Crippen molar-refractivity contribution < 1.29 is 8.83 Å². The van der Waals surface area contributed by atoms with Crippen LogP contribution in [0.5, 0.6) is 0 Å². The molecule has 21 aromatic rings. The van der Waals surface area contributed by atoms with Crippen molar-refractivity contribution in [2.75, 3.05) is 9.80 Å². The fraction of sp³-hybridized carbons (Fsp3) is 0. The van der Waals surface area contributed by atoms with E-state index in [1.165, 1.54) is 72.9 Å². The molecule has 6 aromatic heterocycles. The van der Waals surface area contributed by atoms with E-state index in [1.807, 2.05) is 22.7 Å². The lowest BCUT2D eigenvalue weighted by Crippen LogP contribution is -2.09. The minimum Gasteiger partial charge on any atom is -0.456 e. The molecule has 6 nitrogen and oxygen atoms in total. The number of benzene rings is 15. The van der Waals surface area contributed by atoms with Crippen molar-refractivity contribution in [3.63, 3.8) is 0 Å². The molecule has 0 aliphatic rings. The molecule has 8 heteroatoms. The number of fused-ring (bicyclic) bond motifs is 20. The van der Waals surface area contributed by atoms with Crippen LogP contribution in [-0.2, 0) is 0 Å². The van der Waals surface area contributed by atoms with Crippen molar-refractivity contribution in [1.82, 2.24) is 9.13 Å². The molecule has 0 unspecified atom stereocenters. The van der Waals surface area contributed by atoms with Crippen LogP contribution in [0, 0.1) is 0 Å². The Kier molecular flexibility index (Phi) is 12.1. The summed E-state index contributed by atoms with van der Waals surface area (Å²) in [5.74, 6) is 0. The number of thiophene rings is 2. The van der Waals surface area contributed by atoms with Crippen LogP contribution in [-0.4, -0.2) is 9.13 Å². The summed E-state index contributed by atoms with van der Waals surface area (Å²) >= 11 is 3.80. The molecule has 0 amide bonds. The molecule has 0 aliphatic carbocycles. The lowest BCUT2D eigenvalue weighted by Gasteiger charge is -2.25. The van der Waals surface area contributed by atoms with E-state index >= 15 is 0 Å². The van der Waals surface area contributed by atoms with Gasteiger partial charge in [0.25, 0.3) is 0 Å². The minimum absolute atomic E-state index is 0.835. The average molecular weight is 1290 g/mol. The van der Waals surface area contributed by atoms with Gasteiger partial charge in [0.15, 0.2) is 0 Å². The highest BCUT2D eigenvalue weighted by Gasteiger charge is 2.28. The predicted octanol–water partition coefficient (Wildman–Crippen LogP) is 26.7. The lowest BCUT2D eigenvalue weighted by atomic mass is 9.94. The topological polar surface area (TPSA) is 42.6 Å². The molecule has 0 fully saturated rings. The SMILES string of the molecule is c1ccc(N(c2ccccc2)c2ccc3c(c2)oc2cc(-c4cc5c(c6sc7ccccc7c46)c4c6sc7ccccc7c6c(-c6ccc7c(c6)oc6cc(N(c8ccccc8)c8ccccc8)ccc67)cc4n5-c4cccc(-n5c6ccccc6c6ccccc65)c4)ccc23)cc1. The summed E-state index contributed by atoms with van der Waals surface area (Å²) in [6, 6.07) is 119. The number of furan rings is 2. The van der Waals surface area contributed by atoms with Crippen molar-refractivity contribution in [3.8, 4) is 33.6 Å². The molecule has 98 heavy (non-hydrogen) atoms. The van der Waals surface area contributed by atoms with Gasteiger partial charge in [-0.15, -0.1) is 22.7 Å². The van der Waals surface area contributed by atoms with Gasteiger partial charge in [-0.2, -0.15) is 0 Å². The Morgan fingerprint density at radius 2 is 0.582 bits per heavy atom. The van der Waals surface area contributed by atoms with E-state index in [1.54, 1.807) is 0 Å². The maximum Gasteiger partial charge on any atom is 0.137 e. The fourth-order valence-electron chi connectivity index (χ4n) is 15.8. The molecule has 0 atom stereocenters. The number of hydrogen-bond donors (Lipinski definition) is 0. The van der Waals surface area contributed by atoms with Gasteiger partial charge in [-0.05, 0) is 174 Å². The number of hydrogen-bond acceptors (Lipinski definition) is 6. The summed E-state index contributed by atoms with van der Waals surface area (Å²) in [4.78, 5) is 4.58. The molecular formula is C90H54N4O2S2. The van der Waals surface area contributed by atoms with Crippen LogP contribution in [0.1, 0.15) is 0 Å². The molecule has 15 aromatic carbocycles. The highest BCUT2D eigenvalue weighted by Crippen LogP contribution is 2.54. The second-order valence-corrected chi connectivity index (χ2v) is 27.6. The zero-order valence-electron chi connectivity index (χ0n) is 52.6. The molecule has 0 bridgehead atoms. The maximum absolute atomic E-state index is 7.08. The van der Waals surface area contributed by atoms with Gasteiger partial charge in [0.05, 0.1) is 22.1 Å². The Balaban J connectivity index is 0.820. The fourth-order valence-corrected chi connectivity index (χ4v) is 18.3. The molecule has 0 radical (unpaired) electrons. The predicted molar refractivity (Wildman–Crippen MR) is 416 cm³/mol. The maximum atomic E-state index is 7.08. The summed E-state index contributed by atoms with van der Waals surface area (Å²) in [7, 11) is 0. The summed E-state index contributed by atoms with van der Waals surface area (Å²) in [5.41, 5.74) is 20.9. The van der Waals surface area contributed by atoms with Crippen molar-refractivity contribution in [2.45, 2.75) is 0 Å². The highest BCUT2D eigenvalue weighted by atomic mass is 32.1. The van der Waals surface area contributed by atoms with Gasteiger partial charge in [0.2, 0.25) is 0 Å². The van der Waals surface area contributed by atoms with Crippen molar-refractivity contribution >= 4 is 185 Å². The molecule has 0 aliphatic heterocycles. The third-order valence-electron chi connectivity index (χ3n) is 20.0. The third kappa shape index (κ3) is 8.32. The van der Waals surface area contributed by atoms with Gasteiger partial charge in [-0.1, -0.05) is 164 Å². The quantitative estimate of drug-likeness (QED) is 0.137. The highest BCUT2D eigenvalue weighted by molar-refractivity contribution is 7.28. The first kappa shape index (κ1) is 54.9. The molecule has 458 valence electrons. The number of para-hydroxylation sites is 6. The summed E-state index contributed by atoms with van der Waals surface area (Å²) in [6.07, 6.45) is 0. The lowest BCUT2D eigenvalue weighted by molar-refractivity contribution is 0.668. The zero-order chi connectivity index (χ0) is 64.1. The van der Waals surface area contributed by atoms with E-state index in [-0.39, 0.29) is 0 Å². The van der Waals surface area contributed by atoms with Crippen LogP contribution >= 0.6 is 22.7 Å². The molecular weight excluding hydrogens is 1230 g/mol. The molecule has 0 spiro atoms. The van der Waals surface area contributed by atoms with Crippen LogP contribution in [0.15, 0.2) is 336 Å². The van der Waals surface area contributed by atoms with E-state index in [0.29, 0.717) is 0 Å². The van der Waals surface area contributed by atoms with E-state index in [4.69, 9.17) is 8.83 Å². The van der Waals surface area contributed by atoms with Crippen LogP contribution in [0.4, 0.5) is 34.1 Å². The molecule has 0 N–H and O–H groups in total. The van der Waals surface area contributed by atoms with Crippen molar-refractivity contribution in [3.05, 3.63) is 328 Å². The van der Waals surface area contributed by atoms with Gasteiger partial charge < -0.3 is 27.8 Å². The van der Waals surface area contributed by atoms with Gasteiger partial charge in [0, 0.05) is 141 Å². The zero-order valence-corrected chi connectivity index (χ0v) is 54.2. The number of rotatable bonds is 10. The molecule has 0 saturated carbocycles. The number of nitrogens with zero attached hydrogens (tertiary/aromatic N) is 4. The second kappa shape index (κ2) is 21.5. The number of aromatic nitrogens is 2. The van der Waals surface area contributed by atoms with Crippen LogP contribution in [0.3, 0.4) is 0 Å². The summed E-state index contributed by atoms with van der Waals surface area (Å²) < 4.78 is 24.2. The third-order valence-corrected chi connectivity index (χ3v) is 22.4. The van der Waals surface area contributed by atoms with Gasteiger partial charge in [0.1, 0.15) is 22.3 Å². The van der Waals surface area contributed by atoms with Crippen LogP contribution in [0.2, 0.25) is 0 Å². The molecule has 6 heterocycles. The van der Waals surface area contributed by atoms with Crippen LogP contribution < -0.4 is 9.80 Å². The van der Waals surface area contributed by atoms with Gasteiger partial charge in [-0.3, -0.25) is 0 Å². The Labute approximate surface area is 569 Å². The van der Waals surface area contributed by atoms with E-state index in [9.17, 15) is 0 Å². The Hall–Kier alpha value is -12.5. The van der Waals surface area contributed by atoms with Gasteiger partial charge in [-0.25, -0.2) is 0 Å². The average Bonchev–Trinajstić information content (AvgIpc) is 1.52. The molecule has 21 rings (SSSR count). The minimum atomic E-state index is 0.835. The normalized spacial score (nSPS) is 12.1. The Morgan fingerprint density at radius 1 is 0.235 bits per heavy atom. The largest absolute Gasteiger partial charge is 0.456 e. The van der Waals surface area contributed by atoms with Crippen molar-refractivity contribution in [2.24, 2.45) is 0 Å². The Bertz CT molecular complexity index is 6350. The first-order chi connectivity index (χ1) is 48.6. The Morgan fingerprint density at radius 3 is 1.00 bits per heavy atom. The smallest absolute Gasteiger partial charge is 0.137 e. The molecule has 0 saturated heterocycles. The summed E-state index contributed by atoms with van der Waals surface area (Å²) in [6.45, 7) is 0. The first-order valence-electron chi connectivity index (χ1n) is 33.2. The van der Waals surface area contributed by atoms with Crippen LogP contribution in [0.25, 0.3) is 161 Å². The standard InChI is InChI=1S/C90H54N4O2S2/c1-5-22-57(23-6-1)91(58-24-7-2-8-25-58)63-42-46-69-67-44-40-55(48-79(67)95-81(69)51-63)73-53-77-87(89-85(73)71-34-15-19-38-83(71)97-89)88-78(94(77)62-31-21-30-61(50-62)93-75-36-17-13-32-65(75)66-33-14-18-37-76(66)93)54-74(86-72-35-16-20-39-84(72)98-90(86)88)56-41-45-68-70-47-43-64(52-82(70)96-80(68)49-56)92(59-26-9-3-10-27-59)60-28-11-4-12-29-60/h1-54H. The monoisotopic (exact) mass is 1290 g/mol.